The third-order valence-corrected chi connectivity index (χ3v) is 4.75. The first kappa shape index (κ1) is 25.4. The van der Waals surface area contributed by atoms with Gasteiger partial charge in [0, 0.05) is 24.4 Å². The molecule has 29 heavy (non-hydrogen) atoms. The Morgan fingerprint density at radius 1 is 1.07 bits per heavy atom. The molecular weight excluding hydrogens is 504 g/mol. The maximum Gasteiger partial charge on any atom is 0.191 e. The third-order valence-electron chi connectivity index (χ3n) is 4.15. The van der Waals surface area contributed by atoms with Gasteiger partial charge in [-0.3, -0.25) is 0 Å². The van der Waals surface area contributed by atoms with Gasteiger partial charge in [-0.05, 0) is 42.5 Å². The number of hydrogen-bond acceptors (Lipinski definition) is 4. The van der Waals surface area contributed by atoms with E-state index in [-0.39, 0.29) is 29.8 Å². The molecule has 0 aliphatic carbocycles. The molecule has 0 amide bonds. The van der Waals surface area contributed by atoms with E-state index in [0.717, 1.165) is 29.0 Å². The predicted octanol–water partition coefficient (Wildman–Crippen LogP) is 4.58. The Morgan fingerprint density at radius 2 is 1.86 bits per heavy atom. The van der Waals surface area contributed by atoms with E-state index in [1.54, 1.807) is 32.0 Å². The highest BCUT2D eigenvalue weighted by molar-refractivity contribution is 14.0. The molecule has 0 aliphatic rings. The summed E-state index contributed by atoms with van der Waals surface area (Å²) in [6.45, 7) is 3.76. The van der Waals surface area contributed by atoms with Gasteiger partial charge in [-0.2, -0.15) is 11.8 Å². The monoisotopic (exact) mass is 533 g/mol. The Kier molecular flexibility index (Phi) is 11.8. The van der Waals surface area contributed by atoms with Gasteiger partial charge in [0.25, 0.3) is 0 Å². The van der Waals surface area contributed by atoms with Crippen molar-refractivity contribution in [3.8, 4) is 11.5 Å². The molecule has 2 rings (SSSR count). The van der Waals surface area contributed by atoms with Crippen LogP contribution in [0.25, 0.3) is 0 Å². The number of methoxy groups -OCH3 is 2. The average Bonchev–Trinajstić information content (AvgIpc) is 2.71. The van der Waals surface area contributed by atoms with E-state index in [9.17, 15) is 4.39 Å². The molecule has 0 spiro atoms. The fourth-order valence-corrected chi connectivity index (χ4v) is 3.40. The van der Waals surface area contributed by atoms with Crippen molar-refractivity contribution >= 4 is 41.7 Å². The topological polar surface area (TPSA) is 54.9 Å². The van der Waals surface area contributed by atoms with Crippen LogP contribution >= 0.6 is 35.7 Å². The van der Waals surface area contributed by atoms with Crippen molar-refractivity contribution in [1.29, 1.82) is 0 Å². The van der Waals surface area contributed by atoms with Crippen LogP contribution in [-0.4, -0.2) is 33.0 Å². The quantitative estimate of drug-likeness (QED) is 0.281. The maximum atomic E-state index is 13.5. The third kappa shape index (κ3) is 7.58. The summed E-state index contributed by atoms with van der Waals surface area (Å²) >= 11 is 1.67. The van der Waals surface area contributed by atoms with Crippen molar-refractivity contribution in [2.75, 3.05) is 27.0 Å². The van der Waals surface area contributed by atoms with E-state index in [2.05, 4.69) is 15.6 Å². The number of rotatable bonds is 9. The summed E-state index contributed by atoms with van der Waals surface area (Å²) in [4.78, 5) is 4.66. The summed E-state index contributed by atoms with van der Waals surface area (Å²) in [5.41, 5.74) is 2.98. The highest BCUT2D eigenvalue weighted by Gasteiger charge is 2.10. The molecule has 0 saturated carbocycles. The Hall–Kier alpha value is -1.68. The lowest BCUT2D eigenvalue weighted by atomic mass is 10.1. The van der Waals surface area contributed by atoms with E-state index >= 15 is 0 Å². The number of nitrogens with zero attached hydrogens (tertiary/aromatic N) is 1. The van der Waals surface area contributed by atoms with Crippen molar-refractivity contribution in [3.63, 3.8) is 0 Å². The number of halogens is 2. The van der Waals surface area contributed by atoms with E-state index in [4.69, 9.17) is 9.47 Å². The van der Waals surface area contributed by atoms with Crippen molar-refractivity contribution in [3.05, 3.63) is 58.9 Å². The van der Waals surface area contributed by atoms with Crippen molar-refractivity contribution < 1.29 is 13.9 Å². The van der Waals surface area contributed by atoms with E-state index in [1.807, 2.05) is 37.4 Å². The normalized spacial score (nSPS) is 10.9. The Bertz CT molecular complexity index is 805. The summed E-state index contributed by atoms with van der Waals surface area (Å²) < 4.78 is 24.4. The summed E-state index contributed by atoms with van der Waals surface area (Å²) in [7, 11) is 3.24. The number of para-hydroxylation sites is 1. The zero-order chi connectivity index (χ0) is 20.4. The summed E-state index contributed by atoms with van der Waals surface area (Å²) in [6, 6.07) is 10.6. The molecule has 0 heterocycles. The highest BCUT2D eigenvalue weighted by atomic mass is 127. The van der Waals surface area contributed by atoms with Crippen LogP contribution in [0.5, 0.6) is 11.5 Å². The molecular formula is C21H29FIN3O2S. The van der Waals surface area contributed by atoms with Gasteiger partial charge in [-0.1, -0.05) is 18.2 Å². The second-order valence-electron chi connectivity index (χ2n) is 6.05. The van der Waals surface area contributed by atoms with Crippen molar-refractivity contribution in [2.45, 2.75) is 25.8 Å². The lowest BCUT2D eigenvalue weighted by Gasteiger charge is -2.15. The molecule has 0 fully saturated rings. The molecule has 0 bridgehead atoms. The lowest BCUT2D eigenvalue weighted by Crippen LogP contribution is -2.37. The molecule has 0 saturated heterocycles. The minimum absolute atomic E-state index is 0. The van der Waals surface area contributed by atoms with Gasteiger partial charge in [0.1, 0.15) is 5.82 Å². The van der Waals surface area contributed by atoms with Crippen LogP contribution in [0, 0.1) is 5.82 Å². The number of aliphatic imine (C=N–C) groups is 1. The number of guanidine groups is 1. The zero-order valence-electron chi connectivity index (χ0n) is 17.3. The van der Waals surface area contributed by atoms with Gasteiger partial charge in [-0.15, -0.1) is 24.0 Å². The van der Waals surface area contributed by atoms with Crippen LogP contribution < -0.4 is 20.1 Å². The van der Waals surface area contributed by atoms with Crippen molar-refractivity contribution in [1.82, 2.24) is 10.6 Å². The van der Waals surface area contributed by atoms with Crippen LogP contribution in [0.4, 0.5) is 4.39 Å². The van der Waals surface area contributed by atoms with Gasteiger partial charge in [0.05, 0.1) is 20.8 Å². The standard InChI is InChI=1S/C21H28FN3O2S.HI/c1-5-23-21(24-12-15-9-10-18(22)11-17(15)14-28-4)25-13-16-7-6-8-19(26-2)20(16)27-3;/h6-11H,5,12-14H2,1-4H3,(H2,23,24,25);1H. The van der Waals surface area contributed by atoms with Gasteiger partial charge < -0.3 is 20.1 Å². The molecule has 2 N–H and O–H groups in total. The second kappa shape index (κ2) is 13.5. The number of ether oxygens (including phenoxy) is 2. The van der Waals surface area contributed by atoms with Gasteiger partial charge in [0.15, 0.2) is 17.5 Å². The Labute approximate surface area is 193 Å². The number of thioether (sulfide) groups is 1. The van der Waals surface area contributed by atoms with Crippen molar-refractivity contribution in [2.24, 2.45) is 4.99 Å². The predicted molar refractivity (Wildman–Crippen MR) is 130 cm³/mol. The second-order valence-corrected chi connectivity index (χ2v) is 6.91. The molecule has 0 aromatic heterocycles. The molecule has 0 aliphatic heterocycles. The minimum atomic E-state index is -0.210. The van der Waals surface area contributed by atoms with Gasteiger partial charge >= 0.3 is 0 Å². The molecule has 2 aromatic carbocycles. The molecule has 160 valence electrons. The molecule has 0 unspecified atom stereocenters. The molecule has 8 heteroatoms. The minimum Gasteiger partial charge on any atom is -0.493 e. The fraction of sp³-hybridized carbons (Fsp3) is 0.381. The smallest absolute Gasteiger partial charge is 0.191 e. The number of benzene rings is 2. The highest BCUT2D eigenvalue weighted by Crippen LogP contribution is 2.31. The fourth-order valence-electron chi connectivity index (χ4n) is 2.82. The summed E-state index contributed by atoms with van der Waals surface area (Å²) in [5.74, 6) is 2.61. The zero-order valence-corrected chi connectivity index (χ0v) is 20.4. The lowest BCUT2D eigenvalue weighted by molar-refractivity contribution is 0.352. The SMILES string of the molecule is CCNC(=NCc1cccc(OC)c1OC)NCc1ccc(F)cc1CSC.I. The first-order chi connectivity index (χ1) is 13.6. The summed E-state index contributed by atoms with van der Waals surface area (Å²) in [6.07, 6.45) is 2.01. The Morgan fingerprint density at radius 3 is 2.52 bits per heavy atom. The van der Waals surface area contributed by atoms with E-state index in [0.29, 0.717) is 30.5 Å². The van der Waals surface area contributed by atoms with Crippen LogP contribution in [-0.2, 0) is 18.8 Å². The van der Waals surface area contributed by atoms with Crippen LogP contribution in [0.3, 0.4) is 0 Å². The van der Waals surface area contributed by atoms with Crippen LogP contribution in [0.15, 0.2) is 41.4 Å². The molecule has 2 aromatic rings. The van der Waals surface area contributed by atoms with Gasteiger partial charge in [-0.25, -0.2) is 9.38 Å². The molecule has 5 nitrogen and oxygen atoms in total. The Balaban J connectivity index is 0.00000420. The van der Waals surface area contributed by atoms with Crippen LogP contribution in [0.2, 0.25) is 0 Å². The molecule has 0 atom stereocenters. The largest absolute Gasteiger partial charge is 0.493 e. The molecule has 0 radical (unpaired) electrons. The van der Waals surface area contributed by atoms with Gasteiger partial charge in [0.2, 0.25) is 0 Å². The van der Waals surface area contributed by atoms with Crippen LogP contribution in [0.1, 0.15) is 23.6 Å². The average molecular weight is 533 g/mol. The first-order valence-corrected chi connectivity index (χ1v) is 10.5. The summed E-state index contributed by atoms with van der Waals surface area (Å²) in [5, 5.41) is 6.57. The number of hydrogen-bond donors (Lipinski definition) is 2. The first-order valence-electron chi connectivity index (χ1n) is 9.11. The van der Waals surface area contributed by atoms with E-state index in [1.165, 1.54) is 6.07 Å². The maximum absolute atomic E-state index is 13.5. The number of nitrogens with one attached hydrogen (secondary N) is 2. The van der Waals surface area contributed by atoms with E-state index < -0.39 is 0 Å².